The summed E-state index contributed by atoms with van der Waals surface area (Å²) in [6.07, 6.45) is 0.514. The summed E-state index contributed by atoms with van der Waals surface area (Å²) in [4.78, 5) is 13.0. The number of halogens is 2. The van der Waals surface area contributed by atoms with Gasteiger partial charge in [0.25, 0.3) is 15.9 Å². The van der Waals surface area contributed by atoms with Crippen molar-refractivity contribution in [2.45, 2.75) is 24.3 Å². The second-order valence-corrected chi connectivity index (χ2v) is 9.67. The second kappa shape index (κ2) is 7.95. The molecular weight excluding hydrogens is 443 g/mol. The van der Waals surface area contributed by atoms with E-state index in [0.29, 0.717) is 28.4 Å². The predicted molar refractivity (Wildman–Crippen MR) is 120 cm³/mol. The summed E-state index contributed by atoms with van der Waals surface area (Å²) in [6.45, 7) is 1.85. The molecule has 0 fully saturated rings. The molecule has 0 bridgehead atoms. The molecule has 1 atom stereocenters. The average molecular weight is 461 g/mol. The maximum absolute atomic E-state index is 13.2. The highest BCUT2D eigenvalue weighted by Crippen LogP contribution is 2.37. The van der Waals surface area contributed by atoms with Crippen LogP contribution in [0.2, 0.25) is 10.0 Å². The van der Waals surface area contributed by atoms with Crippen LogP contribution in [0.5, 0.6) is 0 Å². The van der Waals surface area contributed by atoms with Crippen LogP contribution in [0.1, 0.15) is 22.8 Å². The zero-order chi connectivity index (χ0) is 21.5. The van der Waals surface area contributed by atoms with Crippen molar-refractivity contribution in [3.63, 3.8) is 0 Å². The summed E-state index contributed by atoms with van der Waals surface area (Å²) in [5.41, 5.74) is 2.21. The standard InChI is InChI=1S/C22H18Cl2N2O3S/c1-14-12-16-13-15(22(27)25-19-9-5-8-18(23)21(19)24)10-11-20(16)26(14)30(28,29)17-6-3-2-4-7-17/h2-11,13-14H,12H2,1H3,(H,25,27)/t14-/m0/s1. The minimum absolute atomic E-state index is 0.238. The monoisotopic (exact) mass is 460 g/mol. The summed E-state index contributed by atoms with van der Waals surface area (Å²) >= 11 is 12.1. The van der Waals surface area contributed by atoms with Crippen LogP contribution < -0.4 is 9.62 Å². The average Bonchev–Trinajstić information content (AvgIpc) is 3.07. The highest BCUT2D eigenvalue weighted by Gasteiger charge is 2.36. The van der Waals surface area contributed by atoms with E-state index in [2.05, 4.69) is 5.32 Å². The van der Waals surface area contributed by atoms with Gasteiger partial charge in [0.1, 0.15) is 0 Å². The normalized spacial score (nSPS) is 15.7. The Hall–Kier alpha value is -2.54. The highest BCUT2D eigenvalue weighted by atomic mass is 35.5. The molecule has 1 aliphatic rings. The molecule has 30 heavy (non-hydrogen) atoms. The number of hydrogen-bond acceptors (Lipinski definition) is 3. The van der Waals surface area contributed by atoms with Gasteiger partial charge in [-0.25, -0.2) is 8.42 Å². The third kappa shape index (κ3) is 3.67. The van der Waals surface area contributed by atoms with Gasteiger partial charge in [0.05, 0.1) is 26.3 Å². The quantitative estimate of drug-likeness (QED) is 0.567. The molecule has 0 aliphatic carbocycles. The number of hydrogen-bond donors (Lipinski definition) is 1. The Bertz CT molecular complexity index is 1230. The fourth-order valence-electron chi connectivity index (χ4n) is 3.61. The third-order valence-electron chi connectivity index (χ3n) is 4.99. The summed E-state index contributed by atoms with van der Waals surface area (Å²) in [5, 5.41) is 3.36. The van der Waals surface area contributed by atoms with Crippen molar-refractivity contribution in [2.24, 2.45) is 0 Å². The van der Waals surface area contributed by atoms with Gasteiger partial charge in [0.2, 0.25) is 0 Å². The maximum Gasteiger partial charge on any atom is 0.264 e. The number of benzene rings is 3. The number of nitrogens with zero attached hydrogens (tertiary/aromatic N) is 1. The second-order valence-electron chi connectivity index (χ2n) is 7.07. The first kappa shape index (κ1) is 20.7. The van der Waals surface area contributed by atoms with Crippen molar-refractivity contribution in [3.8, 4) is 0 Å². The molecule has 3 aromatic carbocycles. The number of rotatable bonds is 4. The van der Waals surface area contributed by atoms with Crippen molar-refractivity contribution >= 4 is 50.5 Å². The third-order valence-corrected chi connectivity index (χ3v) is 7.76. The summed E-state index contributed by atoms with van der Waals surface area (Å²) in [5.74, 6) is -0.348. The van der Waals surface area contributed by atoms with Crippen molar-refractivity contribution in [2.75, 3.05) is 9.62 Å². The van der Waals surface area contributed by atoms with Crippen molar-refractivity contribution < 1.29 is 13.2 Å². The van der Waals surface area contributed by atoms with Crippen LogP contribution in [0.3, 0.4) is 0 Å². The van der Waals surface area contributed by atoms with Crippen LogP contribution in [0.25, 0.3) is 0 Å². The van der Waals surface area contributed by atoms with E-state index < -0.39 is 10.0 Å². The van der Waals surface area contributed by atoms with E-state index in [9.17, 15) is 13.2 Å². The Balaban J connectivity index is 1.64. The largest absolute Gasteiger partial charge is 0.321 e. The molecule has 4 rings (SSSR count). The van der Waals surface area contributed by atoms with E-state index in [4.69, 9.17) is 23.2 Å². The maximum atomic E-state index is 13.2. The Morgan fingerprint density at radius 2 is 1.77 bits per heavy atom. The molecule has 0 aromatic heterocycles. The number of carbonyl (C=O) groups excluding carboxylic acids is 1. The minimum Gasteiger partial charge on any atom is -0.321 e. The first-order chi connectivity index (χ1) is 14.3. The first-order valence-electron chi connectivity index (χ1n) is 9.27. The van der Waals surface area contributed by atoms with E-state index >= 15 is 0 Å². The molecule has 3 aromatic rings. The topological polar surface area (TPSA) is 66.5 Å². The van der Waals surface area contributed by atoms with Crippen LogP contribution in [-0.2, 0) is 16.4 Å². The van der Waals surface area contributed by atoms with E-state index in [1.54, 1.807) is 66.7 Å². The fraction of sp³-hybridized carbons (Fsp3) is 0.136. The molecule has 0 unspecified atom stereocenters. The molecule has 1 amide bonds. The Morgan fingerprint density at radius 3 is 2.50 bits per heavy atom. The van der Waals surface area contributed by atoms with Gasteiger partial charge in [-0.15, -0.1) is 0 Å². The molecule has 0 saturated carbocycles. The molecule has 8 heteroatoms. The Kier molecular flexibility index (Phi) is 5.49. The number of fused-ring (bicyclic) bond motifs is 1. The van der Waals surface area contributed by atoms with Crippen LogP contribution in [0, 0.1) is 0 Å². The van der Waals surface area contributed by atoms with Crippen molar-refractivity contribution in [1.29, 1.82) is 0 Å². The van der Waals surface area contributed by atoms with Gasteiger partial charge in [0.15, 0.2) is 0 Å². The number of carbonyl (C=O) groups is 1. The van der Waals surface area contributed by atoms with E-state index in [-0.39, 0.29) is 21.9 Å². The van der Waals surface area contributed by atoms with E-state index in [1.165, 1.54) is 4.31 Å². The highest BCUT2D eigenvalue weighted by molar-refractivity contribution is 7.92. The van der Waals surface area contributed by atoms with Gasteiger partial charge in [0, 0.05) is 11.6 Å². The van der Waals surface area contributed by atoms with Crippen LogP contribution in [-0.4, -0.2) is 20.4 Å². The first-order valence-corrected chi connectivity index (χ1v) is 11.5. The van der Waals surface area contributed by atoms with Gasteiger partial charge in [-0.3, -0.25) is 9.10 Å². The van der Waals surface area contributed by atoms with Crippen molar-refractivity contribution in [1.82, 2.24) is 0 Å². The Morgan fingerprint density at radius 1 is 1.03 bits per heavy atom. The lowest BCUT2D eigenvalue weighted by molar-refractivity contribution is 0.102. The van der Waals surface area contributed by atoms with E-state index in [1.807, 2.05) is 6.92 Å². The van der Waals surface area contributed by atoms with Crippen LogP contribution >= 0.6 is 23.2 Å². The van der Waals surface area contributed by atoms with Gasteiger partial charge in [-0.2, -0.15) is 0 Å². The predicted octanol–water partition coefficient (Wildman–Crippen LogP) is 5.39. The van der Waals surface area contributed by atoms with Gasteiger partial charge in [-0.1, -0.05) is 47.5 Å². The molecule has 0 radical (unpaired) electrons. The molecule has 1 heterocycles. The Labute approximate surface area is 185 Å². The molecule has 0 saturated heterocycles. The zero-order valence-electron chi connectivity index (χ0n) is 16.0. The number of sulfonamides is 1. The smallest absolute Gasteiger partial charge is 0.264 e. The summed E-state index contributed by atoms with van der Waals surface area (Å²) < 4.78 is 27.7. The summed E-state index contributed by atoms with van der Waals surface area (Å²) in [6, 6.07) is 18.1. The van der Waals surface area contributed by atoms with E-state index in [0.717, 1.165) is 5.56 Å². The number of anilines is 2. The number of nitrogens with one attached hydrogen (secondary N) is 1. The molecule has 1 N–H and O–H groups in total. The van der Waals surface area contributed by atoms with Gasteiger partial charge >= 0.3 is 0 Å². The minimum atomic E-state index is -3.69. The molecule has 0 spiro atoms. The lowest BCUT2D eigenvalue weighted by Gasteiger charge is -2.24. The van der Waals surface area contributed by atoms with Crippen LogP contribution in [0.15, 0.2) is 71.6 Å². The lowest BCUT2D eigenvalue weighted by Crippen LogP contribution is -2.35. The lowest BCUT2D eigenvalue weighted by atomic mass is 10.1. The zero-order valence-corrected chi connectivity index (χ0v) is 18.3. The number of amides is 1. The van der Waals surface area contributed by atoms with Crippen LogP contribution in [0.4, 0.5) is 11.4 Å². The molecular formula is C22H18Cl2N2O3S. The van der Waals surface area contributed by atoms with Crippen molar-refractivity contribution in [3.05, 3.63) is 87.9 Å². The summed E-state index contributed by atoms with van der Waals surface area (Å²) in [7, 11) is -3.69. The van der Waals surface area contributed by atoms with Gasteiger partial charge < -0.3 is 5.32 Å². The molecule has 1 aliphatic heterocycles. The molecule has 5 nitrogen and oxygen atoms in total. The van der Waals surface area contributed by atoms with Gasteiger partial charge in [-0.05, 0) is 61.4 Å². The SMILES string of the molecule is C[C@H]1Cc2cc(C(=O)Nc3cccc(Cl)c3Cl)ccc2N1S(=O)(=O)c1ccccc1. The molecule has 154 valence electrons. The fourth-order valence-corrected chi connectivity index (χ4v) is 5.67.